The number of nitrogens with zero attached hydrogens (tertiary/aromatic N) is 3. The van der Waals surface area contributed by atoms with Crippen molar-refractivity contribution in [3.05, 3.63) is 17.5 Å². The monoisotopic (exact) mass is 338 g/mol. The van der Waals surface area contributed by atoms with Crippen LogP contribution in [-0.4, -0.2) is 55.1 Å². The molecule has 0 saturated carbocycles. The lowest BCUT2D eigenvalue weighted by atomic mass is 10.0. The van der Waals surface area contributed by atoms with Crippen LogP contribution in [0.2, 0.25) is 0 Å². The van der Waals surface area contributed by atoms with Crippen molar-refractivity contribution >= 4 is 15.8 Å². The molecule has 0 aromatic carbocycles. The number of aryl methyl sites for hydroxylation is 2. The third-order valence-corrected chi connectivity index (χ3v) is 6.51. The Hall–Kier alpha value is -1.21. The Morgan fingerprint density at radius 3 is 2.57 bits per heavy atom. The van der Waals surface area contributed by atoms with Crippen LogP contribution in [0.15, 0.2) is 6.07 Å². The average Bonchev–Trinajstić information content (AvgIpc) is 2.86. The zero-order valence-corrected chi connectivity index (χ0v) is 14.8. The van der Waals surface area contributed by atoms with E-state index in [1.165, 1.54) is 0 Å². The Labute approximate surface area is 138 Å². The van der Waals surface area contributed by atoms with Gasteiger partial charge in [0.25, 0.3) is 0 Å². The molecule has 0 bridgehead atoms. The maximum atomic E-state index is 11.5. The van der Waals surface area contributed by atoms with Crippen LogP contribution in [0.25, 0.3) is 0 Å². The molecule has 3 rings (SSSR count). The van der Waals surface area contributed by atoms with E-state index in [-0.39, 0.29) is 6.04 Å². The zero-order chi connectivity index (χ0) is 16.4. The molecule has 2 aliphatic rings. The van der Waals surface area contributed by atoms with E-state index < -0.39 is 9.84 Å². The SMILES string of the molecule is CCc1cc(C)nc(N2CCC(N[C@H]3CCS(=O)(=O)C3)CC2)n1. The molecule has 2 saturated heterocycles. The van der Waals surface area contributed by atoms with Crippen LogP contribution in [0.5, 0.6) is 0 Å². The van der Waals surface area contributed by atoms with E-state index in [2.05, 4.69) is 27.1 Å². The molecular formula is C16H26N4O2S. The Morgan fingerprint density at radius 2 is 1.96 bits per heavy atom. The molecule has 23 heavy (non-hydrogen) atoms. The molecule has 0 amide bonds. The summed E-state index contributed by atoms with van der Waals surface area (Å²) in [5.74, 6) is 1.47. The normalized spacial score (nSPS) is 25.0. The van der Waals surface area contributed by atoms with Crippen molar-refractivity contribution in [2.24, 2.45) is 0 Å². The smallest absolute Gasteiger partial charge is 0.225 e. The Balaban J connectivity index is 1.55. The van der Waals surface area contributed by atoms with Crippen molar-refractivity contribution in [1.82, 2.24) is 15.3 Å². The fraction of sp³-hybridized carbons (Fsp3) is 0.750. The molecule has 0 radical (unpaired) electrons. The summed E-state index contributed by atoms with van der Waals surface area (Å²) in [5, 5.41) is 3.53. The lowest BCUT2D eigenvalue weighted by Gasteiger charge is -2.34. The molecule has 0 aliphatic carbocycles. The number of nitrogens with one attached hydrogen (secondary N) is 1. The van der Waals surface area contributed by atoms with E-state index in [1.54, 1.807) is 0 Å². The molecule has 6 nitrogen and oxygen atoms in total. The predicted molar refractivity (Wildman–Crippen MR) is 91.6 cm³/mol. The predicted octanol–water partition coefficient (Wildman–Crippen LogP) is 1.09. The summed E-state index contributed by atoms with van der Waals surface area (Å²) in [4.78, 5) is 11.5. The van der Waals surface area contributed by atoms with E-state index in [4.69, 9.17) is 0 Å². The molecule has 1 atom stereocenters. The molecule has 3 heterocycles. The largest absolute Gasteiger partial charge is 0.341 e. The highest BCUT2D eigenvalue weighted by atomic mass is 32.2. The van der Waals surface area contributed by atoms with Gasteiger partial charge in [-0.2, -0.15) is 0 Å². The molecule has 1 aromatic rings. The van der Waals surface area contributed by atoms with Crippen molar-refractivity contribution in [1.29, 1.82) is 0 Å². The summed E-state index contributed by atoms with van der Waals surface area (Å²) >= 11 is 0. The summed E-state index contributed by atoms with van der Waals surface area (Å²) in [6.45, 7) is 5.96. The summed E-state index contributed by atoms with van der Waals surface area (Å²) < 4.78 is 23.1. The molecule has 7 heteroatoms. The molecule has 128 valence electrons. The highest BCUT2D eigenvalue weighted by Gasteiger charge is 2.30. The van der Waals surface area contributed by atoms with Gasteiger partial charge in [-0.05, 0) is 38.7 Å². The average molecular weight is 338 g/mol. The van der Waals surface area contributed by atoms with Gasteiger partial charge in [-0.1, -0.05) is 6.92 Å². The van der Waals surface area contributed by atoms with E-state index >= 15 is 0 Å². The second kappa shape index (κ2) is 6.73. The number of piperidine rings is 1. The van der Waals surface area contributed by atoms with Crippen LogP contribution in [-0.2, 0) is 16.3 Å². The van der Waals surface area contributed by atoms with Gasteiger partial charge in [0, 0.05) is 36.6 Å². The molecule has 2 fully saturated rings. The van der Waals surface area contributed by atoms with Crippen LogP contribution < -0.4 is 10.2 Å². The quantitative estimate of drug-likeness (QED) is 0.886. The highest BCUT2D eigenvalue weighted by Crippen LogP contribution is 2.19. The third kappa shape index (κ3) is 4.20. The maximum absolute atomic E-state index is 11.5. The number of anilines is 1. The van der Waals surface area contributed by atoms with E-state index in [9.17, 15) is 8.42 Å². The van der Waals surface area contributed by atoms with Gasteiger partial charge in [-0.15, -0.1) is 0 Å². The van der Waals surface area contributed by atoms with Gasteiger partial charge >= 0.3 is 0 Å². The Kier molecular flexibility index (Phi) is 4.87. The van der Waals surface area contributed by atoms with Gasteiger partial charge in [0.2, 0.25) is 5.95 Å². The summed E-state index contributed by atoms with van der Waals surface area (Å²) in [7, 11) is -2.81. The van der Waals surface area contributed by atoms with E-state index in [0.717, 1.165) is 56.1 Å². The van der Waals surface area contributed by atoms with Gasteiger partial charge in [-0.3, -0.25) is 0 Å². The highest BCUT2D eigenvalue weighted by molar-refractivity contribution is 7.91. The minimum Gasteiger partial charge on any atom is -0.341 e. The molecule has 2 aliphatic heterocycles. The first-order valence-corrected chi connectivity index (χ1v) is 10.3. The first-order chi connectivity index (χ1) is 10.9. The molecule has 1 aromatic heterocycles. The van der Waals surface area contributed by atoms with Crippen LogP contribution in [0.1, 0.15) is 37.6 Å². The lowest BCUT2D eigenvalue weighted by molar-refractivity contribution is 0.377. The molecule has 0 spiro atoms. The Bertz CT molecular complexity index is 654. The Morgan fingerprint density at radius 1 is 1.22 bits per heavy atom. The first kappa shape index (κ1) is 16.6. The van der Waals surface area contributed by atoms with Gasteiger partial charge in [0.15, 0.2) is 9.84 Å². The minimum atomic E-state index is -2.81. The van der Waals surface area contributed by atoms with Gasteiger partial charge < -0.3 is 10.2 Å². The van der Waals surface area contributed by atoms with Gasteiger partial charge in [0.1, 0.15) is 0 Å². The van der Waals surface area contributed by atoms with Crippen molar-refractivity contribution in [2.45, 2.75) is 51.6 Å². The first-order valence-electron chi connectivity index (χ1n) is 8.51. The van der Waals surface area contributed by atoms with E-state index in [1.807, 2.05) is 13.0 Å². The van der Waals surface area contributed by atoms with E-state index in [0.29, 0.717) is 17.5 Å². The second-order valence-corrected chi connectivity index (χ2v) is 8.91. The number of sulfone groups is 1. The maximum Gasteiger partial charge on any atom is 0.225 e. The fourth-order valence-electron chi connectivity index (χ4n) is 3.45. The summed E-state index contributed by atoms with van der Waals surface area (Å²) in [5.41, 5.74) is 2.10. The molecular weight excluding hydrogens is 312 g/mol. The summed E-state index contributed by atoms with van der Waals surface area (Å²) in [6, 6.07) is 2.58. The second-order valence-electron chi connectivity index (χ2n) is 6.68. The van der Waals surface area contributed by atoms with Crippen molar-refractivity contribution in [3.63, 3.8) is 0 Å². The van der Waals surface area contributed by atoms with Gasteiger partial charge in [0.05, 0.1) is 11.5 Å². The number of hydrogen-bond donors (Lipinski definition) is 1. The lowest BCUT2D eigenvalue weighted by Crippen LogP contribution is -2.47. The van der Waals surface area contributed by atoms with Crippen molar-refractivity contribution in [2.75, 3.05) is 29.5 Å². The van der Waals surface area contributed by atoms with Gasteiger partial charge in [-0.25, -0.2) is 18.4 Å². The summed E-state index contributed by atoms with van der Waals surface area (Å²) in [6.07, 6.45) is 3.69. The van der Waals surface area contributed by atoms with Crippen LogP contribution in [0.4, 0.5) is 5.95 Å². The van der Waals surface area contributed by atoms with Crippen LogP contribution in [0, 0.1) is 6.92 Å². The minimum absolute atomic E-state index is 0.137. The van der Waals surface area contributed by atoms with Crippen LogP contribution >= 0.6 is 0 Å². The molecule has 1 N–H and O–H groups in total. The number of hydrogen-bond acceptors (Lipinski definition) is 6. The molecule has 0 unspecified atom stereocenters. The number of rotatable bonds is 4. The van der Waals surface area contributed by atoms with Crippen LogP contribution in [0.3, 0.4) is 0 Å². The standard InChI is InChI=1S/C16H26N4O2S/c1-3-13-10-12(2)17-16(19-13)20-7-4-14(5-8-20)18-15-6-9-23(21,22)11-15/h10,14-15,18H,3-9,11H2,1-2H3/t15-/m0/s1. The fourth-order valence-corrected chi connectivity index (χ4v) is 5.13. The topological polar surface area (TPSA) is 75.2 Å². The zero-order valence-electron chi connectivity index (χ0n) is 14.0. The third-order valence-electron chi connectivity index (χ3n) is 4.74. The number of aromatic nitrogens is 2. The van der Waals surface area contributed by atoms with Crippen molar-refractivity contribution in [3.8, 4) is 0 Å². The van der Waals surface area contributed by atoms with Crippen molar-refractivity contribution < 1.29 is 8.42 Å².